The number of carbonyl (C=O) groups excluding carboxylic acids is 1. The first-order valence-corrected chi connectivity index (χ1v) is 5.90. The molecule has 0 heterocycles. The summed E-state index contributed by atoms with van der Waals surface area (Å²) in [7, 11) is 0. The predicted molar refractivity (Wildman–Crippen MR) is 66.4 cm³/mol. The molecule has 1 amide bonds. The van der Waals surface area contributed by atoms with Crippen molar-refractivity contribution in [2.75, 3.05) is 13.1 Å². The fourth-order valence-corrected chi connectivity index (χ4v) is 1.67. The molecule has 0 bridgehead atoms. The van der Waals surface area contributed by atoms with Gasteiger partial charge in [0.15, 0.2) is 0 Å². The third-order valence-corrected chi connectivity index (χ3v) is 2.59. The lowest BCUT2D eigenvalue weighted by atomic mass is 10.1. The summed E-state index contributed by atoms with van der Waals surface area (Å²) in [6, 6.07) is 1.74. The van der Waals surface area contributed by atoms with E-state index in [1.807, 2.05) is 0 Å². The first kappa shape index (κ1) is 16.0. The number of carbonyl (C=O) groups is 1. The van der Waals surface area contributed by atoms with Crippen molar-refractivity contribution in [1.82, 2.24) is 4.90 Å². The Morgan fingerprint density at radius 1 is 1.40 bits per heavy atom. The smallest absolute Gasteiger partial charge is 0.327 e. The lowest BCUT2D eigenvalue weighted by molar-refractivity contribution is -0.137. The number of terminal acetylenes is 1. The standard InChI is InChI=1S/C14H13F4NO/c1-3-7-19(8-4-2)13(20)11-9-10(14(16,17)18)5-6-12(11)15/h1,5-6,9H,4,7-8H2,2H3. The van der Waals surface area contributed by atoms with E-state index in [-0.39, 0.29) is 13.1 Å². The number of hydrogen-bond acceptors (Lipinski definition) is 1. The average molecular weight is 287 g/mol. The monoisotopic (exact) mass is 287 g/mol. The van der Waals surface area contributed by atoms with Gasteiger partial charge < -0.3 is 4.90 Å². The molecule has 1 aromatic rings. The van der Waals surface area contributed by atoms with Crippen LogP contribution in [-0.4, -0.2) is 23.9 Å². The molecule has 6 heteroatoms. The van der Waals surface area contributed by atoms with Crippen LogP contribution in [0.1, 0.15) is 29.3 Å². The molecule has 0 fully saturated rings. The highest BCUT2D eigenvalue weighted by Crippen LogP contribution is 2.30. The second-order valence-electron chi connectivity index (χ2n) is 4.12. The number of nitrogens with zero attached hydrogens (tertiary/aromatic N) is 1. The van der Waals surface area contributed by atoms with Crippen LogP contribution in [0.2, 0.25) is 0 Å². The zero-order valence-electron chi connectivity index (χ0n) is 10.8. The van der Waals surface area contributed by atoms with Gasteiger partial charge in [0, 0.05) is 6.54 Å². The van der Waals surface area contributed by atoms with E-state index >= 15 is 0 Å². The molecule has 20 heavy (non-hydrogen) atoms. The van der Waals surface area contributed by atoms with E-state index in [9.17, 15) is 22.4 Å². The van der Waals surface area contributed by atoms with Gasteiger partial charge in [-0.05, 0) is 24.6 Å². The third kappa shape index (κ3) is 3.73. The summed E-state index contributed by atoms with van der Waals surface area (Å²) < 4.78 is 51.3. The van der Waals surface area contributed by atoms with Crippen LogP contribution in [0.15, 0.2) is 18.2 Å². The molecule has 2 nitrogen and oxygen atoms in total. The zero-order chi connectivity index (χ0) is 15.3. The Hall–Kier alpha value is -2.03. The summed E-state index contributed by atoms with van der Waals surface area (Å²) in [5.74, 6) is 0.390. The van der Waals surface area contributed by atoms with Crippen LogP contribution in [-0.2, 0) is 6.18 Å². The second-order valence-corrected chi connectivity index (χ2v) is 4.12. The molecule has 0 spiro atoms. The molecule has 0 aromatic heterocycles. The highest BCUT2D eigenvalue weighted by molar-refractivity contribution is 5.94. The van der Waals surface area contributed by atoms with Crippen molar-refractivity contribution in [3.05, 3.63) is 35.1 Å². The van der Waals surface area contributed by atoms with Crippen molar-refractivity contribution >= 4 is 5.91 Å². The minimum atomic E-state index is -4.63. The van der Waals surface area contributed by atoms with E-state index < -0.39 is 29.0 Å². The van der Waals surface area contributed by atoms with Gasteiger partial charge in [-0.25, -0.2) is 4.39 Å². The van der Waals surface area contributed by atoms with Gasteiger partial charge in [0.25, 0.3) is 5.91 Å². The summed E-state index contributed by atoms with van der Waals surface area (Å²) in [6.45, 7) is 1.94. The van der Waals surface area contributed by atoms with E-state index in [0.29, 0.717) is 24.6 Å². The SMILES string of the molecule is C#CCN(CCC)C(=O)c1cc(C(F)(F)F)ccc1F. The van der Waals surface area contributed by atoms with Gasteiger partial charge in [-0.3, -0.25) is 4.79 Å². The van der Waals surface area contributed by atoms with Crippen LogP contribution in [0.5, 0.6) is 0 Å². The average Bonchev–Trinajstić information content (AvgIpc) is 2.37. The quantitative estimate of drug-likeness (QED) is 0.614. The van der Waals surface area contributed by atoms with Crippen LogP contribution < -0.4 is 0 Å². The maximum Gasteiger partial charge on any atom is 0.416 e. The maximum atomic E-state index is 13.6. The Kier molecular flexibility index (Phi) is 5.14. The Morgan fingerprint density at radius 2 is 2.05 bits per heavy atom. The fourth-order valence-electron chi connectivity index (χ4n) is 1.67. The summed E-state index contributed by atoms with van der Waals surface area (Å²) >= 11 is 0. The van der Waals surface area contributed by atoms with E-state index in [0.717, 1.165) is 4.90 Å². The molecule has 0 saturated carbocycles. The molecule has 0 radical (unpaired) electrons. The van der Waals surface area contributed by atoms with Gasteiger partial charge in [-0.15, -0.1) is 6.42 Å². The normalized spacial score (nSPS) is 11.0. The summed E-state index contributed by atoms with van der Waals surface area (Å²) in [6.07, 6.45) is 1.02. The van der Waals surface area contributed by atoms with Gasteiger partial charge in [-0.1, -0.05) is 12.8 Å². The highest BCUT2D eigenvalue weighted by atomic mass is 19.4. The van der Waals surface area contributed by atoms with Gasteiger partial charge in [-0.2, -0.15) is 13.2 Å². The van der Waals surface area contributed by atoms with Crippen molar-refractivity contribution in [2.45, 2.75) is 19.5 Å². The number of rotatable bonds is 4. The summed E-state index contributed by atoms with van der Waals surface area (Å²) in [4.78, 5) is 13.2. The first-order chi connectivity index (χ1) is 9.31. The minimum Gasteiger partial charge on any atom is -0.327 e. The largest absolute Gasteiger partial charge is 0.416 e. The van der Waals surface area contributed by atoms with Gasteiger partial charge in [0.1, 0.15) is 5.82 Å². The summed E-state index contributed by atoms with van der Waals surface area (Å²) in [5, 5.41) is 0. The van der Waals surface area contributed by atoms with Crippen LogP contribution in [0.3, 0.4) is 0 Å². The molecule has 0 saturated heterocycles. The first-order valence-electron chi connectivity index (χ1n) is 5.90. The third-order valence-electron chi connectivity index (χ3n) is 2.59. The Labute approximate surface area is 114 Å². The van der Waals surface area contributed by atoms with Crippen molar-refractivity contribution in [1.29, 1.82) is 0 Å². The minimum absolute atomic E-state index is 0.0810. The number of halogens is 4. The van der Waals surface area contributed by atoms with E-state index in [1.54, 1.807) is 6.92 Å². The molecule has 108 valence electrons. The lowest BCUT2D eigenvalue weighted by Gasteiger charge is -2.20. The molecule has 0 aliphatic heterocycles. The fraction of sp³-hybridized carbons (Fsp3) is 0.357. The summed E-state index contributed by atoms with van der Waals surface area (Å²) in [5.41, 5.74) is -1.69. The number of alkyl halides is 3. The van der Waals surface area contributed by atoms with E-state index in [4.69, 9.17) is 6.42 Å². The van der Waals surface area contributed by atoms with Crippen LogP contribution >= 0.6 is 0 Å². The molecule has 0 aliphatic carbocycles. The Bertz CT molecular complexity index is 531. The molecule has 0 N–H and O–H groups in total. The van der Waals surface area contributed by atoms with E-state index in [2.05, 4.69) is 5.92 Å². The molecule has 1 rings (SSSR count). The second kappa shape index (κ2) is 6.42. The van der Waals surface area contributed by atoms with Crippen LogP contribution in [0.4, 0.5) is 17.6 Å². The molecular formula is C14H13F4NO. The number of hydrogen-bond donors (Lipinski definition) is 0. The molecular weight excluding hydrogens is 274 g/mol. The van der Waals surface area contributed by atoms with E-state index in [1.165, 1.54) is 0 Å². The van der Waals surface area contributed by atoms with Crippen LogP contribution in [0, 0.1) is 18.2 Å². The Balaban J connectivity index is 3.17. The molecule has 0 atom stereocenters. The number of benzene rings is 1. The molecule has 0 unspecified atom stereocenters. The topological polar surface area (TPSA) is 20.3 Å². The zero-order valence-corrected chi connectivity index (χ0v) is 10.8. The lowest BCUT2D eigenvalue weighted by Crippen LogP contribution is -2.33. The van der Waals surface area contributed by atoms with Crippen molar-refractivity contribution < 1.29 is 22.4 Å². The maximum absolute atomic E-state index is 13.6. The van der Waals surface area contributed by atoms with Gasteiger partial charge >= 0.3 is 6.18 Å². The van der Waals surface area contributed by atoms with Gasteiger partial charge in [0.2, 0.25) is 0 Å². The predicted octanol–water partition coefficient (Wildman–Crippen LogP) is 3.33. The van der Waals surface area contributed by atoms with Crippen molar-refractivity contribution in [3.63, 3.8) is 0 Å². The Morgan fingerprint density at radius 3 is 2.55 bits per heavy atom. The van der Waals surface area contributed by atoms with Crippen molar-refractivity contribution in [3.8, 4) is 12.3 Å². The van der Waals surface area contributed by atoms with Crippen molar-refractivity contribution in [2.24, 2.45) is 0 Å². The van der Waals surface area contributed by atoms with Gasteiger partial charge in [0.05, 0.1) is 17.7 Å². The molecule has 1 aromatic carbocycles. The highest BCUT2D eigenvalue weighted by Gasteiger charge is 2.32. The molecule has 0 aliphatic rings. The van der Waals surface area contributed by atoms with Crippen LogP contribution in [0.25, 0.3) is 0 Å². The number of amides is 1.